The van der Waals surface area contributed by atoms with Gasteiger partial charge in [-0.05, 0) is 43.4 Å². The molecule has 1 aromatic rings. The Labute approximate surface area is 74.6 Å². The molecular weight excluding hydrogens is 144 g/mol. The summed E-state index contributed by atoms with van der Waals surface area (Å²) in [5, 5.41) is 0. The summed E-state index contributed by atoms with van der Waals surface area (Å²) >= 11 is 0. The minimum atomic E-state index is 1.21. The molecule has 0 saturated heterocycles. The summed E-state index contributed by atoms with van der Waals surface area (Å²) in [4.78, 5) is 0. The van der Waals surface area contributed by atoms with Crippen LogP contribution in [0.3, 0.4) is 0 Å². The zero-order valence-electron chi connectivity index (χ0n) is 7.40. The van der Waals surface area contributed by atoms with Crippen LogP contribution in [-0.4, -0.2) is 0 Å². The van der Waals surface area contributed by atoms with E-state index >= 15 is 0 Å². The lowest BCUT2D eigenvalue weighted by Crippen LogP contribution is -1.97. The molecular formula is C12H14. The van der Waals surface area contributed by atoms with E-state index in [-0.39, 0.29) is 0 Å². The third-order valence-corrected chi connectivity index (χ3v) is 2.60. The SMILES string of the molecule is c1ccc2c(c#1)CCCCCC2. The molecule has 0 heterocycles. The first-order valence-corrected chi connectivity index (χ1v) is 4.87. The molecule has 0 fully saturated rings. The molecule has 0 nitrogen and oxygen atoms in total. The van der Waals surface area contributed by atoms with Gasteiger partial charge in [0.15, 0.2) is 0 Å². The van der Waals surface area contributed by atoms with Crippen LogP contribution in [0.15, 0.2) is 12.1 Å². The van der Waals surface area contributed by atoms with E-state index in [1.807, 2.05) is 6.07 Å². The van der Waals surface area contributed by atoms with Crippen LogP contribution in [0.25, 0.3) is 0 Å². The highest BCUT2D eigenvalue weighted by atomic mass is 14.1. The lowest BCUT2D eigenvalue weighted by atomic mass is 9.95. The van der Waals surface area contributed by atoms with Gasteiger partial charge in [0.25, 0.3) is 0 Å². The second kappa shape index (κ2) is 3.63. The van der Waals surface area contributed by atoms with Gasteiger partial charge in [0.05, 0.1) is 0 Å². The van der Waals surface area contributed by atoms with Gasteiger partial charge in [-0.3, -0.25) is 0 Å². The molecule has 0 spiro atoms. The lowest BCUT2D eigenvalue weighted by molar-refractivity contribution is 0.617. The van der Waals surface area contributed by atoms with Crippen LogP contribution in [0.2, 0.25) is 0 Å². The minimum absolute atomic E-state index is 1.21. The number of fused-ring (bicyclic) bond motifs is 1. The Morgan fingerprint density at radius 1 is 1.00 bits per heavy atom. The smallest absolute Gasteiger partial charge is 0.00560 e. The average Bonchev–Trinajstić information content (AvgIpc) is 2.06. The van der Waals surface area contributed by atoms with Crippen molar-refractivity contribution in [1.29, 1.82) is 0 Å². The van der Waals surface area contributed by atoms with Gasteiger partial charge in [0.2, 0.25) is 0 Å². The second-order valence-corrected chi connectivity index (χ2v) is 3.52. The van der Waals surface area contributed by atoms with Crippen LogP contribution < -0.4 is 0 Å². The van der Waals surface area contributed by atoms with E-state index in [1.54, 1.807) is 0 Å². The topological polar surface area (TPSA) is 0 Å². The van der Waals surface area contributed by atoms with Crippen LogP contribution in [-0.2, 0) is 12.8 Å². The molecule has 0 aromatic heterocycles. The molecule has 0 saturated carbocycles. The molecule has 12 heavy (non-hydrogen) atoms. The first-order chi connectivity index (χ1) is 5.97. The summed E-state index contributed by atoms with van der Waals surface area (Å²) < 4.78 is 0. The number of hydrogen-bond acceptors (Lipinski definition) is 0. The van der Waals surface area contributed by atoms with Gasteiger partial charge < -0.3 is 0 Å². The van der Waals surface area contributed by atoms with Crippen molar-refractivity contribution in [2.45, 2.75) is 38.5 Å². The van der Waals surface area contributed by atoms with Crippen molar-refractivity contribution in [3.8, 4) is 0 Å². The number of hydrogen-bond donors (Lipinski definition) is 0. The Hall–Kier alpha value is -0.960. The monoisotopic (exact) mass is 158 g/mol. The number of aryl methyl sites for hydroxylation is 1. The van der Waals surface area contributed by atoms with Gasteiger partial charge in [-0.25, -0.2) is 0 Å². The normalized spacial score (nSPS) is 17.0. The van der Waals surface area contributed by atoms with E-state index in [0.717, 1.165) is 0 Å². The fourth-order valence-corrected chi connectivity index (χ4v) is 1.88. The van der Waals surface area contributed by atoms with E-state index in [0.29, 0.717) is 0 Å². The van der Waals surface area contributed by atoms with Gasteiger partial charge >= 0.3 is 0 Å². The van der Waals surface area contributed by atoms with Gasteiger partial charge in [-0.15, -0.1) is 0 Å². The fourth-order valence-electron chi connectivity index (χ4n) is 1.88. The summed E-state index contributed by atoms with van der Waals surface area (Å²) in [5.41, 5.74) is 2.92. The summed E-state index contributed by atoms with van der Waals surface area (Å²) in [7, 11) is 0. The van der Waals surface area contributed by atoms with Crippen molar-refractivity contribution in [2.75, 3.05) is 0 Å². The van der Waals surface area contributed by atoms with Crippen LogP contribution >= 0.6 is 0 Å². The first kappa shape index (κ1) is 7.68. The van der Waals surface area contributed by atoms with Crippen molar-refractivity contribution < 1.29 is 0 Å². The third kappa shape index (κ3) is 1.61. The Balaban J connectivity index is 2.24. The molecule has 62 valence electrons. The Morgan fingerprint density at radius 3 is 2.75 bits per heavy atom. The molecule has 0 N–H and O–H groups in total. The molecule has 0 unspecified atom stereocenters. The van der Waals surface area contributed by atoms with Crippen molar-refractivity contribution in [3.05, 3.63) is 35.4 Å². The van der Waals surface area contributed by atoms with Crippen LogP contribution in [0.5, 0.6) is 0 Å². The molecule has 0 bridgehead atoms. The molecule has 0 amide bonds. The third-order valence-electron chi connectivity index (χ3n) is 2.60. The maximum atomic E-state index is 3.23. The molecule has 2 rings (SSSR count). The minimum Gasteiger partial charge on any atom is -0.0699 e. The summed E-state index contributed by atoms with van der Waals surface area (Å²) in [6.45, 7) is 0. The average molecular weight is 158 g/mol. The van der Waals surface area contributed by atoms with E-state index in [4.69, 9.17) is 0 Å². The van der Waals surface area contributed by atoms with Crippen molar-refractivity contribution >= 4 is 0 Å². The van der Waals surface area contributed by atoms with Gasteiger partial charge in [0.1, 0.15) is 0 Å². The molecule has 0 heteroatoms. The molecule has 1 aliphatic carbocycles. The quantitative estimate of drug-likeness (QED) is 0.544. The number of rotatable bonds is 0. The molecule has 1 aliphatic rings. The van der Waals surface area contributed by atoms with Gasteiger partial charge in [-0.2, -0.15) is 0 Å². The highest BCUT2D eigenvalue weighted by Gasteiger charge is 2.04. The predicted octanol–water partition coefficient (Wildman–Crippen LogP) is 2.95. The maximum Gasteiger partial charge on any atom is 0.00560 e. The van der Waals surface area contributed by atoms with E-state index in [1.165, 1.54) is 49.7 Å². The lowest BCUT2D eigenvalue weighted by Gasteiger charge is -2.10. The first-order valence-electron chi connectivity index (χ1n) is 4.87. The highest BCUT2D eigenvalue weighted by Crippen LogP contribution is 2.17. The van der Waals surface area contributed by atoms with Gasteiger partial charge in [-0.1, -0.05) is 25.0 Å². The van der Waals surface area contributed by atoms with Gasteiger partial charge in [0, 0.05) is 5.56 Å². The van der Waals surface area contributed by atoms with Crippen molar-refractivity contribution in [1.82, 2.24) is 0 Å². The van der Waals surface area contributed by atoms with Crippen LogP contribution in [0.4, 0.5) is 0 Å². The molecule has 0 aliphatic heterocycles. The zero-order chi connectivity index (χ0) is 8.23. The van der Waals surface area contributed by atoms with E-state index in [2.05, 4.69) is 18.2 Å². The fraction of sp³-hybridized carbons (Fsp3) is 0.500. The Morgan fingerprint density at radius 2 is 1.83 bits per heavy atom. The van der Waals surface area contributed by atoms with Crippen molar-refractivity contribution in [3.63, 3.8) is 0 Å². The summed E-state index contributed by atoms with van der Waals surface area (Å²) in [6, 6.07) is 10.5. The van der Waals surface area contributed by atoms with E-state index < -0.39 is 0 Å². The van der Waals surface area contributed by atoms with Crippen LogP contribution in [0, 0.1) is 12.1 Å². The largest absolute Gasteiger partial charge is 0.0699 e. The summed E-state index contributed by atoms with van der Waals surface area (Å²) in [6.07, 6.45) is 7.94. The van der Waals surface area contributed by atoms with Crippen molar-refractivity contribution in [2.24, 2.45) is 0 Å². The summed E-state index contributed by atoms with van der Waals surface area (Å²) in [5.74, 6) is 0. The maximum absolute atomic E-state index is 3.23. The second-order valence-electron chi connectivity index (χ2n) is 3.52. The molecule has 0 radical (unpaired) electrons. The highest BCUT2D eigenvalue weighted by molar-refractivity contribution is 5.23. The Bertz CT molecular complexity index is 223. The standard InChI is InChI=1S/C12H14/c1-2-4-8-12-10-6-5-9-11(12)7-3-1/h5,9H,1-4,7-8H2. The molecule has 1 aromatic carbocycles. The molecule has 0 atom stereocenters. The predicted molar refractivity (Wildman–Crippen MR) is 50.0 cm³/mol. The Kier molecular flexibility index (Phi) is 2.32. The zero-order valence-corrected chi connectivity index (χ0v) is 7.40. The van der Waals surface area contributed by atoms with Crippen LogP contribution in [0.1, 0.15) is 36.8 Å². The van der Waals surface area contributed by atoms with E-state index in [9.17, 15) is 0 Å².